The Bertz CT molecular complexity index is 1510. The van der Waals surface area contributed by atoms with Gasteiger partial charge >= 0.3 is 0 Å². The third kappa shape index (κ3) is 6.34. The number of hydrogen-bond acceptors (Lipinski definition) is 7. The van der Waals surface area contributed by atoms with E-state index >= 15 is 4.39 Å². The Hall–Kier alpha value is -4.42. The summed E-state index contributed by atoms with van der Waals surface area (Å²) in [5, 5.41) is 18.3. The van der Waals surface area contributed by atoms with E-state index in [1.54, 1.807) is 36.4 Å². The van der Waals surface area contributed by atoms with Gasteiger partial charge < -0.3 is 20.1 Å². The first-order chi connectivity index (χ1) is 19.8. The van der Waals surface area contributed by atoms with Crippen molar-refractivity contribution in [1.82, 2.24) is 19.7 Å². The zero-order valence-electron chi connectivity index (χ0n) is 22.3. The van der Waals surface area contributed by atoms with Crippen LogP contribution in [0.3, 0.4) is 0 Å². The number of aliphatic hydroxyl groups is 1. The summed E-state index contributed by atoms with van der Waals surface area (Å²) in [6.07, 6.45) is 2.72. The van der Waals surface area contributed by atoms with Crippen LogP contribution in [0, 0.1) is 17.5 Å². The topological polar surface area (TPSA) is 95.8 Å². The fourth-order valence-corrected chi connectivity index (χ4v) is 5.06. The zero-order chi connectivity index (χ0) is 29.0. The maximum Gasteiger partial charge on any atom is 0.259 e. The van der Waals surface area contributed by atoms with E-state index in [1.165, 1.54) is 36.6 Å². The van der Waals surface area contributed by atoms with Crippen LogP contribution in [0.25, 0.3) is 0 Å². The third-order valence-corrected chi connectivity index (χ3v) is 7.08. The van der Waals surface area contributed by atoms with E-state index in [4.69, 9.17) is 4.74 Å². The maximum atomic E-state index is 15.2. The number of rotatable bonds is 9. The molecular formula is C29H29F3N6O3. The van der Waals surface area contributed by atoms with Crippen molar-refractivity contribution < 1.29 is 27.8 Å². The molecule has 1 aliphatic heterocycles. The largest absolute Gasteiger partial charge is 0.496 e. The number of halogens is 3. The predicted octanol–water partition coefficient (Wildman–Crippen LogP) is 3.67. The summed E-state index contributed by atoms with van der Waals surface area (Å²) in [5.41, 5.74) is -0.753. The van der Waals surface area contributed by atoms with Gasteiger partial charge in [-0.15, -0.1) is 0 Å². The fourth-order valence-electron chi connectivity index (χ4n) is 5.06. The van der Waals surface area contributed by atoms with Gasteiger partial charge in [0.1, 0.15) is 41.5 Å². The zero-order valence-corrected chi connectivity index (χ0v) is 22.3. The van der Waals surface area contributed by atoms with Crippen LogP contribution in [0.15, 0.2) is 73.3 Å². The molecule has 1 saturated heterocycles. The lowest BCUT2D eigenvalue weighted by Crippen LogP contribution is -2.52. The summed E-state index contributed by atoms with van der Waals surface area (Å²) >= 11 is 0. The fraction of sp³-hybridized carbons (Fsp3) is 0.276. The van der Waals surface area contributed by atoms with Gasteiger partial charge in [-0.2, -0.15) is 5.10 Å². The number of methoxy groups -OCH3 is 1. The molecule has 0 radical (unpaired) electrons. The van der Waals surface area contributed by atoms with Gasteiger partial charge in [0.05, 0.1) is 24.9 Å². The number of amides is 1. The highest BCUT2D eigenvalue weighted by atomic mass is 19.1. The minimum Gasteiger partial charge on any atom is -0.496 e. The van der Waals surface area contributed by atoms with Gasteiger partial charge in [0.2, 0.25) is 0 Å². The van der Waals surface area contributed by atoms with Gasteiger partial charge in [-0.05, 0) is 36.4 Å². The van der Waals surface area contributed by atoms with Crippen LogP contribution in [0.2, 0.25) is 0 Å². The number of carbonyl (C=O) groups excluding carboxylic acids is 1. The molecule has 1 unspecified atom stereocenters. The molecule has 1 amide bonds. The number of aromatic nitrogens is 3. The van der Waals surface area contributed by atoms with Crippen LogP contribution < -0.4 is 15.0 Å². The monoisotopic (exact) mass is 566 g/mol. The van der Waals surface area contributed by atoms with Crippen molar-refractivity contribution in [2.45, 2.75) is 12.1 Å². The Morgan fingerprint density at radius 2 is 1.78 bits per heavy atom. The smallest absolute Gasteiger partial charge is 0.259 e. The summed E-state index contributed by atoms with van der Waals surface area (Å²) in [7, 11) is 1.47. The van der Waals surface area contributed by atoms with Crippen LogP contribution in [0.4, 0.5) is 24.5 Å². The van der Waals surface area contributed by atoms with E-state index in [2.05, 4.69) is 15.4 Å². The van der Waals surface area contributed by atoms with E-state index in [-0.39, 0.29) is 18.7 Å². The Labute approximate surface area is 234 Å². The van der Waals surface area contributed by atoms with E-state index in [0.717, 1.165) is 12.1 Å². The van der Waals surface area contributed by atoms with Gasteiger partial charge in [0, 0.05) is 50.0 Å². The van der Waals surface area contributed by atoms with E-state index < -0.39 is 29.0 Å². The number of carbonyl (C=O) groups is 1. The normalized spacial score (nSPS) is 15.4. The standard InChI is InChI=1S/C29H29F3N6O3/c1-41-27-5-3-2-4-22(27)28(39)35-21-7-9-26(25(32)15-21)37-12-10-36(11-13-37)16-29(40,17-38-19-33-18-34-38)23-8-6-20(30)14-24(23)31/h2-9,14-15,18-19,40H,10-13,16-17H2,1H3,(H,35,39). The molecule has 1 fully saturated rings. The number of nitrogens with one attached hydrogen (secondary N) is 1. The second kappa shape index (κ2) is 12.0. The molecule has 41 heavy (non-hydrogen) atoms. The summed E-state index contributed by atoms with van der Waals surface area (Å²) in [6, 6.07) is 14.3. The molecule has 9 nitrogen and oxygen atoms in total. The molecule has 5 rings (SSSR count). The average Bonchev–Trinajstić information content (AvgIpc) is 3.46. The first-order valence-corrected chi connectivity index (χ1v) is 13.0. The summed E-state index contributed by atoms with van der Waals surface area (Å²) < 4.78 is 50.1. The van der Waals surface area contributed by atoms with Crippen LogP contribution in [0.1, 0.15) is 15.9 Å². The molecule has 1 aromatic heterocycles. The predicted molar refractivity (Wildman–Crippen MR) is 146 cm³/mol. The summed E-state index contributed by atoms with van der Waals surface area (Å²) in [4.78, 5) is 20.4. The van der Waals surface area contributed by atoms with Gasteiger partial charge in [0.25, 0.3) is 5.91 Å². The highest BCUT2D eigenvalue weighted by molar-refractivity contribution is 6.06. The number of anilines is 2. The van der Waals surface area contributed by atoms with Gasteiger partial charge in [-0.25, -0.2) is 22.8 Å². The molecular weight excluding hydrogens is 537 g/mol. The number of benzene rings is 3. The number of piperazine rings is 1. The molecule has 1 aliphatic rings. The lowest BCUT2D eigenvalue weighted by molar-refractivity contribution is -0.0227. The molecule has 0 spiro atoms. The first kappa shape index (κ1) is 28.1. The molecule has 4 aromatic rings. The number of ether oxygens (including phenoxy) is 1. The Balaban J connectivity index is 1.25. The maximum absolute atomic E-state index is 15.2. The van der Waals surface area contributed by atoms with Crippen LogP contribution in [-0.2, 0) is 12.1 Å². The van der Waals surface area contributed by atoms with Crippen molar-refractivity contribution >= 4 is 17.3 Å². The van der Waals surface area contributed by atoms with Crippen molar-refractivity contribution in [1.29, 1.82) is 0 Å². The van der Waals surface area contributed by atoms with Crippen molar-refractivity contribution in [3.8, 4) is 5.75 Å². The van der Waals surface area contributed by atoms with Crippen LogP contribution >= 0.6 is 0 Å². The summed E-state index contributed by atoms with van der Waals surface area (Å²) in [5.74, 6) is -2.09. The van der Waals surface area contributed by atoms with Crippen molar-refractivity contribution in [2.24, 2.45) is 0 Å². The van der Waals surface area contributed by atoms with Crippen LogP contribution in [0.5, 0.6) is 5.75 Å². The first-order valence-electron chi connectivity index (χ1n) is 13.0. The van der Waals surface area contributed by atoms with Gasteiger partial charge in [0.15, 0.2) is 0 Å². The van der Waals surface area contributed by atoms with Crippen LogP contribution in [-0.4, -0.2) is 70.5 Å². The molecule has 0 bridgehead atoms. The highest BCUT2D eigenvalue weighted by Crippen LogP contribution is 2.30. The Morgan fingerprint density at radius 3 is 2.46 bits per heavy atom. The highest BCUT2D eigenvalue weighted by Gasteiger charge is 2.36. The van der Waals surface area contributed by atoms with Crippen molar-refractivity contribution in [2.75, 3.05) is 50.1 Å². The second-order valence-electron chi connectivity index (χ2n) is 9.83. The Kier molecular flexibility index (Phi) is 8.22. The molecule has 3 aromatic carbocycles. The number of nitrogens with zero attached hydrogens (tertiary/aromatic N) is 5. The Morgan fingerprint density at radius 1 is 1.00 bits per heavy atom. The number of para-hydroxylation sites is 1. The lowest BCUT2D eigenvalue weighted by Gasteiger charge is -2.40. The van der Waals surface area contributed by atoms with E-state index in [0.29, 0.717) is 48.9 Å². The quantitative estimate of drug-likeness (QED) is 0.319. The molecule has 1 atom stereocenters. The minimum absolute atomic E-state index is 0.0413. The third-order valence-electron chi connectivity index (χ3n) is 7.08. The number of hydrogen-bond donors (Lipinski definition) is 2. The van der Waals surface area contributed by atoms with Gasteiger partial charge in [-0.3, -0.25) is 9.69 Å². The summed E-state index contributed by atoms with van der Waals surface area (Å²) in [6.45, 7) is 1.73. The second-order valence-corrected chi connectivity index (χ2v) is 9.83. The molecule has 12 heteroatoms. The van der Waals surface area contributed by atoms with Crippen molar-refractivity contribution in [3.05, 3.63) is 102 Å². The van der Waals surface area contributed by atoms with Crippen molar-refractivity contribution in [3.63, 3.8) is 0 Å². The lowest BCUT2D eigenvalue weighted by atomic mass is 9.92. The van der Waals surface area contributed by atoms with E-state index in [9.17, 15) is 18.7 Å². The SMILES string of the molecule is COc1ccccc1C(=O)Nc1ccc(N2CCN(CC(O)(Cn3cncn3)c3ccc(F)cc3F)CC2)c(F)c1. The minimum atomic E-state index is -1.72. The molecule has 0 aliphatic carbocycles. The number of β-amino-alcohol motifs (C(OH)–C–C–N with tert-alkyl or cyclic N) is 1. The molecule has 0 saturated carbocycles. The molecule has 214 valence electrons. The average molecular weight is 567 g/mol. The molecule has 2 N–H and O–H groups in total. The van der Waals surface area contributed by atoms with Gasteiger partial charge in [-0.1, -0.05) is 18.2 Å². The van der Waals surface area contributed by atoms with E-state index in [1.807, 2.05) is 9.80 Å². The molecule has 2 heterocycles.